The highest BCUT2D eigenvalue weighted by atomic mass is 32.2. The van der Waals surface area contributed by atoms with Gasteiger partial charge in [0.25, 0.3) is 15.9 Å². The Kier molecular flexibility index (Phi) is 5.98. The minimum atomic E-state index is -3.90. The molecule has 0 bridgehead atoms. The molecule has 8 heteroatoms. The summed E-state index contributed by atoms with van der Waals surface area (Å²) < 4.78 is 27.5. The predicted molar refractivity (Wildman–Crippen MR) is 119 cm³/mol. The van der Waals surface area contributed by atoms with Crippen LogP contribution in [0.2, 0.25) is 0 Å². The number of amides is 1. The van der Waals surface area contributed by atoms with Crippen LogP contribution >= 0.6 is 0 Å². The zero-order valence-electron chi connectivity index (χ0n) is 17.4. The number of nitrogens with zero attached hydrogens (tertiary/aromatic N) is 1. The van der Waals surface area contributed by atoms with Crippen molar-refractivity contribution in [2.45, 2.75) is 38.1 Å². The third-order valence-electron chi connectivity index (χ3n) is 5.20. The molecule has 0 spiro atoms. The molecule has 1 heterocycles. The lowest BCUT2D eigenvalue weighted by Gasteiger charge is -2.21. The first-order chi connectivity index (χ1) is 14.2. The number of nitrogens with one attached hydrogen (secondary N) is 2. The van der Waals surface area contributed by atoms with Crippen LogP contribution in [0.3, 0.4) is 0 Å². The third-order valence-corrected chi connectivity index (χ3v) is 6.97. The van der Waals surface area contributed by atoms with E-state index in [0.717, 1.165) is 12.0 Å². The van der Waals surface area contributed by atoms with E-state index in [0.29, 0.717) is 11.2 Å². The van der Waals surface area contributed by atoms with Gasteiger partial charge in [-0.1, -0.05) is 25.1 Å². The van der Waals surface area contributed by atoms with Crippen molar-refractivity contribution in [3.05, 3.63) is 70.0 Å². The standard InChI is InChI=1S/C22H25N3O4S/c1-5-15(3)24-22(27)18-13-23-19-11-10-16(12-17(19)21(18)26)30(28,29)25(4)20-9-7-6-8-14(20)2/h6-13,15H,5H2,1-4H3,(H,23,26)(H,24,27)/t15-/m1/s1. The SMILES string of the molecule is CC[C@@H](C)NC(=O)c1c[nH]c2ccc(S(=O)(=O)N(C)c3ccccc3C)cc2c1=O. The minimum absolute atomic E-state index is 0.0225. The monoisotopic (exact) mass is 427 g/mol. The molecule has 1 aromatic heterocycles. The summed E-state index contributed by atoms with van der Waals surface area (Å²) in [7, 11) is -2.42. The van der Waals surface area contributed by atoms with Crippen molar-refractivity contribution >= 4 is 32.5 Å². The second-order valence-electron chi connectivity index (χ2n) is 7.28. The van der Waals surface area contributed by atoms with Gasteiger partial charge in [0.15, 0.2) is 0 Å². The van der Waals surface area contributed by atoms with Gasteiger partial charge >= 0.3 is 0 Å². The zero-order chi connectivity index (χ0) is 22.1. The first-order valence-corrected chi connectivity index (χ1v) is 11.1. The van der Waals surface area contributed by atoms with Crippen LogP contribution in [0.5, 0.6) is 0 Å². The number of anilines is 1. The van der Waals surface area contributed by atoms with Crippen LogP contribution < -0.4 is 15.1 Å². The van der Waals surface area contributed by atoms with Gasteiger partial charge in [0.1, 0.15) is 5.56 Å². The van der Waals surface area contributed by atoms with Gasteiger partial charge in [0.2, 0.25) is 5.43 Å². The Balaban J connectivity index is 2.08. The Hall–Kier alpha value is -3.13. The maximum atomic E-state index is 13.2. The van der Waals surface area contributed by atoms with Gasteiger partial charge in [-0.25, -0.2) is 8.42 Å². The fourth-order valence-electron chi connectivity index (χ4n) is 3.13. The molecule has 0 radical (unpaired) electrons. The molecule has 0 aliphatic heterocycles. The highest BCUT2D eigenvalue weighted by Gasteiger charge is 2.24. The molecule has 2 N–H and O–H groups in total. The Morgan fingerprint density at radius 2 is 1.90 bits per heavy atom. The lowest BCUT2D eigenvalue weighted by molar-refractivity contribution is 0.0938. The van der Waals surface area contributed by atoms with E-state index in [4.69, 9.17) is 0 Å². The summed E-state index contributed by atoms with van der Waals surface area (Å²) in [5, 5.41) is 2.90. The van der Waals surface area contributed by atoms with Gasteiger partial charge < -0.3 is 10.3 Å². The van der Waals surface area contributed by atoms with Crippen molar-refractivity contribution in [1.82, 2.24) is 10.3 Å². The second kappa shape index (κ2) is 8.31. The van der Waals surface area contributed by atoms with Crippen LogP contribution in [0, 0.1) is 6.92 Å². The van der Waals surface area contributed by atoms with E-state index in [9.17, 15) is 18.0 Å². The summed E-state index contributed by atoms with van der Waals surface area (Å²) in [5.41, 5.74) is 1.25. The molecule has 0 unspecified atom stereocenters. The third kappa shape index (κ3) is 3.95. The van der Waals surface area contributed by atoms with Crippen LogP contribution in [0.4, 0.5) is 5.69 Å². The molecular weight excluding hydrogens is 402 g/mol. The molecule has 2 aromatic carbocycles. The van der Waals surface area contributed by atoms with Crippen LogP contribution in [-0.4, -0.2) is 32.4 Å². The molecule has 0 saturated carbocycles. The van der Waals surface area contributed by atoms with Crippen LogP contribution in [0.1, 0.15) is 36.2 Å². The molecule has 0 aliphatic rings. The highest BCUT2D eigenvalue weighted by Crippen LogP contribution is 2.26. The number of pyridine rings is 1. The summed E-state index contributed by atoms with van der Waals surface area (Å²) in [6.07, 6.45) is 2.08. The molecular formula is C22H25N3O4S. The second-order valence-corrected chi connectivity index (χ2v) is 9.25. The molecule has 1 atom stereocenters. The number of hydrogen-bond acceptors (Lipinski definition) is 4. The van der Waals surface area contributed by atoms with Gasteiger partial charge in [-0.15, -0.1) is 0 Å². The van der Waals surface area contributed by atoms with E-state index in [1.54, 1.807) is 12.1 Å². The number of aryl methyl sites for hydroxylation is 1. The number of H-pyrrole nitrogens is 1. The number of aromatic amines is 1. The van der Waals surface area contributed by atoms with Crippen molar-refractivity contribution in [1.29, 1.82) is 0 Å². The lowest BCUT2D eigenvalue weighted by Crippen LogP contribution is -2.35. The highest BCUT2D eigenvalue weighted by molar-refractivity contribution is 7.92. The number of aromatic nitrogens is 1. The van der Waals surface area contributed by atoms with E-state index in [1.165, 1.54) is 35.7 Å². The number of carbonyl (C=O) groups excluding carboxylic acids is 1. The predicted octanol–water partition coefficient (Wildman–Crippen LogP) is 3.19. The van der Waals surface area contributed by atoms with Crippen molar-refractivity contribution < 1.29 is 13.2 Å². The first kappa shape index (κ1) is 21.6. The number of fused-ring (bicyclic) bond motifs is 1. The molecule has 30 heavy (non-hydrogen) atoms. The average Bonchev–Trinajstić information content (AvgIpc) is 2.73. The summed E-state index contributed by atoms with van der Waals surface area (Å²) in [4.78, 5) is 28.2. The number of para-hydroxylation sites is 1. The lowest BCUT2D eigenvalue weighted by atomic mass is 10.1. The largest absolute Gasteiger partial charge is 0.360 e. The Labute approximate surface area is 175 Å². The fourth-order valence-corrected chi connectivity index (χ4v) is 4.42. The van der Waals surface area contributed by atoms with Crippen LogP contribution in [-0.2, 0) is 10.0 Å². The number of rotatable bonds is 6. The molecule has 3 aromatic rings. The Morgan fingerprint density at radius 3 is 2.57 bits per heavy atom. The quantitative estimate of drug-likeness (QED) is 0.631. The summed E-state index contributed by atoms with van der Waals surface area (Å²) >= 11 is 0. The fraction of sp³-hybridized carbons (Fsp3) is 0.273. The molecule has 0 saturated heterocycles. The van der Waals surface area contributed by atoms with Crippen molar-refractivity contribution in [3.63, 3.8) is 0 Å². The number of hydrogen-bond donors (Lipinski definition) is 2. The van der Waals surface area contributed by atoms with E-state index in [-0.39, 0.29) is 21.9 Å². The Morgan fingerprint density at radius 1 is 1.20 bits per heavy atom. The topological polar surface area (TPSA) is 99.3 Å². The number of benzene rings is 2. The van der Waals surface area contributed by atoms with Gasteiger partial charge in [0.05, 0.1) is 10.6 Å². The molecule has 158 valence electrons. The first-order valence-electron chi connectivity index (χ1n) is 9.67. The summed E-state index contributed by atoms with van der Waals surface area (Å²) in [5.74, 6) is -0.488. The Bertz CT molecular complexity index is 1260. The molecule has 3 rings (SSSR count). The smallest absolute Gasteiger partial charge is 0.264 e. The van der Waals surface area contributed by atoms with Crippen molar-refractivity contribution in [2.75, 3.05) is 11.4 Å². The summed E-state index contributed by atoms with van der Waals surface area (Å²) in [6.45, 7) is 5.60. The van der Waals surface area contributed by atoms with Crippen LogP contribution in [0.25, 0.3) is 10.9 Å². The van der Waals surface area contributed by atoms with Gasteiger partial charge in [-0.3, -0.25) is 13.9 Å². The van der Waals surface area contributed by atoms with Crippen LogP contribution in [0.15, 0.2) is 58.4 Å². The van der Waals surface area contributed by atoms with Gasteiger partial charge in [0, 0.05) is 30.2 Å². The van der Waals surface area contributed by atoms with E-state index < -0.39 is 21.4 Å². The van der Waals surface area contributed by atoms with E-state index >= 15 is 0 Å². The zero-order valence-corrected chi connectivity index (χ0v) is 18.2. The molecule has 0 fully saturated rings. The average molecular weight is 428 g/mol. The van der Waals surface area contributed by atoms with Gasteiger partial charge in [-0.2, -0.15) is 0 Å². The number of sulfonamides is 1. The summed E-state index contributed by atoms with van der Waals surface area (Å²) in [6, 6.07) is 11.4. The molecule has 0 aliphatic carbocycles. The maximum absolute atomic E-state index is 13.2. The molecule has 1 amide bonds. The van der Waals surface area contributed by atoms with Crippen molar-refractivity contribution in [2.24, 2.45) is 0 Å². The minimum Gasteiger partial charge on any atom is -0.360 e. The molecule has 7 nitrogen and oxygen atoms in total. The number of carbonyl (C=O) groups is 1. The normalized spacial score (nSPS) is 12.5. The van der Waals surface area contributed by atoms with E-state index in [2.05, 4.69) is 10.3 Å². The van der Waals surface area contributed by atoms with E-state index in [1.807, 2.05) is 32.9 Å². The maximum Gasteiger partial charge on any atom is 0.264 e. The van der Waals surface area contributed by atoms with Crippen molar-refractivity contribution in [3.8, 4) is 0 Å². The van der Waals surface area contributed by atoms with Gasteiger partial charge in [-0.05, 0) is 50.1 Å².